The number of benzene rings is 12. The van der Waals surface area contributed by atoms with Crippen LogP contribution in [0.5, 0.6) is 0 Å². The summed E-state index contributed by atoms with van der Waals surface area (Å²) in [4.78, 5) is 23.5. The molecule has 2 radical (unpaired) electrons. The third kappa shape index (κ3) is 16.1. The molecule has 572 valence electrons. The summed E-state index contributed by atoms with van der Waals surface area (Å²) in [6, 6.07) is 111. The number of aliphatic hydroxyl groups excluding tert-OH is 1. The van der Waals surface area contributed by atoms with E-state index in [1.807, 2.05) is 156 Å². The van der Waals surface area contributed by atoms with Crippen LogP contribution in [0.1, 0.15) is 47.6 Å². The van der Waals surface area contributed by atoms with Crippen LogP contribution in [0, 0.1) is 18.2 Å². The van der Waals surface area contributed by atoms with E-state index in [4.69, 9.17) is 19.7 Å². The Bertz CT molecular complexity index is 7570. The van der Waals surface area contributed by atoms with E-state index < -0.39 is 0 Å². The van der Waals surface area contributed by atoms with Gasteiger partial charge in [-0.25, -0.2) is 4.57 Å². The van der Waals surface area contributed by atoms with E-state index >= 15 is 0 Å². The summed E-state index contributed by atoms with van der Waals surface area (Å²) in [6.45, 7) is 5.01. The van der Waals surface area contributed by atoms with E-state index in [0.29, 0.717) is 5.56 Å². The minimum Gasteiger partial charge on any atom is -0.512 e. The van der Waals surface area contributed by atoms with Crippen molar-refractivity contribution in [3.05, 3.63) is 411 Å². The number of imidazole rings is 2. The van der Waals surface area contributed by atoms with E-state index in [1.54, 1.807) is 10.8 Å². The molecule has 0 aliphatic carbocycles. The summed E-state index contributed by atoms with van der Waals surface area (Å²) in [5, 5.41) is 17.9. The predicted molar refractivity (Wildman–Crippen MR) is 473 cm³/mol. The van der Waals surface area contributed by atoms with E-state index in [9.17, 15) is 4.79 Å². The summed E-state index contributed by atoms with van der Waals surface area (Å²) in [6.07, 6.45) is 8.35. The second-order valence-electron chi connectivity index (χ2n) is 27.4. The summed E-state index contributed by atoms with van der Waals surface area (Å²) in [5.74, 6) is 0.857. The van der Waals surface area contributed by atoms with Crippen molar-refractivity contribution >= 4 is 118 Å². The summed E-state index contributed by atoms with van der Waals surface area (Å²) < 4.78 is 70.9. The smallest absolute Gasteiger partial charge is 0.296 e. The van der Waals surface area contributed by atoms with Crippen LogP contribution in [-0.2, 0) is 64.6 Å². The fourth-order valence-corrected chi connectivity index (χ4v) is 17.8. The molecule has 9 aromatic heterocycles. The minimum atomic E-state index is -0.344. The maximum absolute atomic E-state index is 10.0. The van der Waals surface area contributed by atoms with E-state index in [2.05, 4.69) is 222 Å². The molecule has 0 saturated carbocycles. The fraction of sp³-hybridized carbons (Fsp3) is 0.0583. The first-order valence-corrected chi connectivity index (χ1v) is 39.0. The molecule has 12 heterocycles. The molecular formula is C103H78Ir2N8O2S2. The molecule has 0 fully saturated rings. The van der Waals surface area contributed by atoms with Crippen molar-refractivity contribution in [1.29, 1.82) is 0 Å². The van der Waals surface area contributed by atoms with Gasteiger partial charge < -0.3 is 19.6 Å². The number of aromatic nitrogens is 8. The number of hydrogen-bond acceptors (Lipinski definition) is 7. The second kappa shape index (κ2) is 35.9. The van der Waals surface area contributed by atoms with Crippen molar-refractivity contribution in [2.45, 2.75) is 40.9 Å². The Balaban J connectivity index is 0.000000114. The first-order valence-electron chi connectivity index (χ1n) is 40.9. The average molecular weight is 1920 g/mol. The number of carbonyl (C=O) groups excluding carboxylic acids is 1. The summed E-state index contributed by atoms with van der Waals surface area (Å²) >= 11 is 3.73. The maximum Gasteiger partial charge on any atom is 0.296 e. The fourth-order valence-electron chi connectivity index (χ4n) is 15.3. The number of hydrogen-bond donors (Lipinski definition) is 1. The van der Waals surface area contributed by atoms with Crippen LogP contribution < -0.4 is 13.7 Å². The molecule has 14 heteroatoms. The first kappa shape index (κ1) is 70.7. The van der Waals surface area contributed by atoms with Crippen LogP contribution in [0.2, 0.25) is 0 Å². The molecule has 0 saturated heterocycles. The van der Waals surface area contributed by atoms with Gasteiger partial charge in [0.1, 0.15) is 12.1 Å². The van der Waals surface area contributed by atoms with Gasteiger partial charge in [0, 0.05) is 141 Å². The molecule has 21 aromatic rings. The van der Waals surface area contributed by atoms with E-state index in [0.717, 1.165) is 63.7 Å². The van der Waals surface area contributed by atoms with Gasteiger partial charge >= 0.3 is 0 Å². The average Bonchev–Trinajstić information content (AvgIpc) is 1.53. The first-order chi connectivity index (χ1) is 59.1. The quantitative estimate of drug-likeness (QED) is 0.0609. The van der Waals surface area contributed by atoms with Gasteiger partial charge in [-0.05, 0) is 120 Å². The topological polar surface area (TPSA) is 96.9 Å². The van der Waals surface area contributed by atoms with Gasteiger partial charge in [-0.1, -0.05) is 183 Å². The molecular weight excluding hydrogens is 1830 g/mol. The number of para-hydroxylation sites is 6. The molecule has 3 aliphatic rings. The largest absolute Gasteiger partial charge is 0.512 e. The molecule has 0 bridgehead atoms. The number of thiophene rings is 2. The summed E-state index contributed by atoms with van der Waals surface area (Å²) in [7, 11) is 0. The number of nitrogens with zero attached hydrogens (tertiary/aromatic N) is 8. The molecule has 3 aliphatic heterocycles. The van der Waals surface area contributed by atoms with Crippen LogP contribution in [0.3, 0.4) is 0 Å². The Kier molecular flexibility index (Phi) is 21.7. The van der Waals surface area contributed by atoms with Crippen LogP contribution in [0.4, 0.5) is 0 Å². The van der Waals surface area contributed by atoms with E-state index in [-0.39, 0.29) is 119 Å². The Morgan fingerprint density at radius 3 is 1.80 bits per heavy atom. The van der Waals surface area contributed by atoms with Gasteiger partial charge in [-0.15, -0.1) is 107 Å². The summed E-state index contributed by atoms with van der Waals surface area (Å²) in [5.41, 5.74) is 20.2. The van der Waals surface area contributed by atoms with Crippen molar-refractivity contribution < 1.29 is 73.4 Å². The van der Waals surface area contributed by atoms with Crippen molar-refractivity contribution in [2.75, 3.05) is 0 Å². The van der Waals surface area contributed by atoms with Crippen LogP contribution in [-0.4, -0.2) is 34.8 Å². The molecule has 12 aromatic carbocycles. The molecule has 1 N–H and O–H groups in total. The van der Waals surface area contributed by atoms with Gasteiger partial charge in [-0.2, -0.15) is 24.9 Å². The molecule has 24 rings (SSSR count). The number of rotatable bonds is 5. The van der Waals surface area contributed by atoms with Gasteiger partial charge in [0.2, 0.25) is 11.4 Å². The molecule has 10 nitrogen and oxygen atoms in total. The van der Waals surface area contributed by atoms with E-state index in [1.165, 1.54) is 127 Å². The molecule has 0 spiro atoms. The van der Waals surface area contributed by atoms with Crippen molar-refractivity contribution in [2.24, 2.45) is 0 Å². The third-order valence-corrected chi connectivity index (χ3v) is 22.5. The zero-order valence-corrected chi connectivity index (χ0v) is 69.1. The Labute approximate surface area is 724 Å². The van der Waals surface area contributed by atoms with Crippen molar-refractivity contribution in [1.82, 2.24) is 23.9 Å². The minimum absolute atomic E-state index is 0. The third-order valence-electron chi connectivity index (χ3n) is 20.1. The zero-order valence-electron chi connectivity index (χ0n) is 69.7. The second-order valence-corrected chi connectivity index (χ2v) is 29.5. The Morgan fingerprint density at radius 1 is 0.479 bits per heavy atom. The number of ketones is 1. The van der Waals surface area contributed by atoms with Gasteiger partial charge in [0.05, 0.1) is 48.7 Å². The number of aliphatic hydroxyl groups is 1. The normalized spacial score (nSPS) is 12.3. The van der Waals surface area contributed by atoms with Crippen LogP contribution in [0.15, 0.2) is 376 Å². The SMILES string of the molecule is C.CC(=O)C=C(C)O.[2H]c1c[n+]2c(c([2H])c1[2H])-c1c([2H])c([2H])c([2H])c([2H])c1C2.[Ir].[Ir].[c-]1ccc2c(sc3ccccc32)c1-c1ccccn1.[c-]1ccccc1-c1ccccn1.[c-]1ccccc1-c1nc2ccccc2n1-c1ccccc1.c1cc2c3c(c1)c1ccccc1n1c4ccccc4[n+](c31)C2.c1cc[n+]2c(c1)-c1c(ccc3c1sc1ccccc13)C2. The van der Waals surface area contributed by atoms with Crippen LogP contribution >= 0.6 is 22.7 Å². The van der Waals surface area contributed by atoms with Crippen molar-refractivity contribution in [3.8, 4) is 62.1 Å². The molecule has 0 amide bonds. The molecule has 0 unspecified atom stereocenters. The number of carbonyl (C=O) groups is 1. The Morgan fingerprint density at radius 2 is 1.09 bits per heavy atom. The van der Waals surface area contributed by atoms with Gasteiger partial charge in [0.15, 0.2) is 42.3 Å². The standard InChI is InChI=1S/C20H13N2.C19H13N2.C18H12NS.C17H10NS.C12H10N.C11H8N.C5H8O2.CH4.2Ir/c1-2-9-16-14(7-1)15-8-5-6-13-12-21-17-10-3-4-11-18(17)22(16)20(21)19(13)15;1-3-9-15(10-4-1)19-20-17-13-7-8-14-18(17)21(19)16-11-5-2-6-12-16;1-2-7-16-13(5-1)14-9-8-12-11-19-10-4-3-6-15(19)17(12)18(14)20-16;1-2-10-16-12(6-1)13-7-5-8-14(17(13)19-16)15-9-3-4-11-18-15;1-2-6-11-10(5-1)9-13-8-4-3-7-12(11)13;1-2-6-10(7-3-1)11-8-4-5-9-12-11;1-4(6)3-5(2)7;;;/h1-11H,12H2;1-9,11-14H;1-10H,11H2;1-7,9-11H;1-8H,9H2;1-6,8-9H;3,6H,1-2H3;1H4;;/q+1;-1;+1;-1;+1;-1;;;;/i;;;;1D,2D,3D,4D,5D,6D,7D;;;;;. The van der Waals surface area contributed by atoms with Crippen molar-refractivity contribution in [3.63, 3.8) is 0 Å². The maximum atomic E-state index is 10.0. The van der Waals surface area contributed by atoms with Gasteiger partial charge in [-0.3, -0.25) is 9.78 Å². The van der Waals surface area contributed by atoms with Crippen LogP contribution in [0.25, 0.3) is 152 Å². The monoisotopic (exact) mass is 1920 g/mol. The predicted octanol–water partition coefficient (Wildman–Crippen LogP) is 24.0. The molecule has 0 atom stereocenters. The number of fused-ring (bicyclic) bond motifs is 20. The number of pyridine rings is 5. The van der Waals surface area contributed by atoms with Gasteiger partial charge in [0.25, 0.3) is 5.65 Å². The molecule has 117 heavy (non-hydrogen) atoms. The zero-order chi connectivity index (χ0) is 82.9. The number of allylic oxidation sites excluding steroid dienone is 2. The Hall–Kier alpha value is -12.9.